The van der Waals surface area contributed by atoms with Gasteiger partial charge < -0.3 is 4.98 Å². The van der Waals surface area contributed by atoms with Gasteiger partial charge in [-0.05, 0) is 37.1 Å². The summed E-state index contributed by atoms with van der Waals surface area (Å²) in [5.74, 6) is 0. The molecular formula is C13H15N3O4S. The summed E-state index contributed by atoms with van der Waals surface area (Å²) >= 11 is 0. The number of aromatic amines is 1. The van der Waals surface area contributed by atoms with Crippen LogP contribution in [0.4, 0.5) is 5.69 Å². The molecule has 1 aromatic carbocycles. The third kappa shape index (κ3) is 3.29. The molecule has 0 amide bonds. The van der Waals surface area contributed by atoms with Crippen LogP contribution in [0.2, 0.25) is 0 Å². The van der Waals surface area contributed by atoms with Crippen molar-refractivity contribution in [3.8, 4) is 0 Å². The van der Waals surface area contributed by atoms with E-state index in [4.69, 9.17) is 0 Å². The van der Waals surface area contributed by atoms with Crippen molar-refractivity contribution in [1.82, 2.24) is 9.71 Å². The molecule has 0 aliphatic carbocycles. The van der Waals surface area contributed by atoms with E-state index in [1.165, 1.54) is 6.07 Å². The van der Waals surface area contributed by atoms with Crippen molar-refractivity contribution in [2.24, 2.45) is 0 Å². The second kappa shape index (κ2) is 5.66. The molecule has 1 heterocycles. The molecule has 2 aromatic rings. The average Bonchev–Trinajstić information content (AvgIpc) is 2.92. The largest absolute Gasteiger partial charge is 0.367 e. The van der Waals surface area contributed by atoms with Gasteiger partial charge in [0.1, 0.15) is 0 Å². The molecule has 0 radical (unpaired) electrons. The van der Waals surface area contributed by atoms with E-state index in [2.05, 4.69) is 9.71 Å². The third-order valence-corrected chi connectivity index (χ3v) is 4.63. The minimum Gasteiger partial charge on any atom is -0.367 e. The van der Waals surface area contributed by atoms with E-state index in [1.807, 2.05) is 0 Å². The Morgan fingerprint density at radius 1 is 1.33 bits per heavy atom. The number of sulfonamides is 1. The van der Waals surface area contributed by atoms with Crippen LogP contribution in [0.15, 0.2) is 35.5 Å². The van der Waals surface area contributed by atoms with Crippen molar-refractivity contribution in [2.45, 2.75) is 25.3 Å². The lowest BCUT2D eigenvalue weighted by Crippen LogP contribution is -2.23. The van der Waals surface area contributed by atoms with Crippen LogP contribution >= 0.6 is 0 Å². The van der Waals surface area contributed by atoms with Crippen molar-refractivity contribution in [1.29, 1.82) is 0 Å². The molecule has 112 valence electrons. The molecule has 0 saturated carbocycles. The van der Waals surface area contributed by atoms with Crippen LogP contribution in [0.3, 0.4) is 0 Å². The summed E-state index contributed by atoms with van der Waals surface area (Å²) in [7, 11) is -3.80. The maximum atomic E-state index is 12.2. The quantitative estimate of drug-likeness (QED) is 0.651. The summed E-state index contributed by atoms with van der Waals surface area (Å²) in [6.07, 6.45) is 3.36. The van der Waals surface area contributed by atoms with Crippen LogP contribution in [0.25, 0.3) is 0 Å². The van der Waals surface area contributed by atoms with Crippen molar-refractivity contribution in [3.63, 3.8) is 0 Å². The van der Waals surface area contributed by atoms with Gasteiger partial charge >= 0.3 is 0 Å². The smallest absolute Gasteiger partial charge is 0.273 e. The highest BCUT2D eigenvalue weighted by Gasteiger charge is 2.21. The molecule has 2 N–H and O–H groups in total. The van der Waals surface area contributed by atoms with E-state index in [9.17, 15) is 18.5 Å². The molecule has 7 nitrogen and oxygen atoms in total. The fourth-order valence-electron chi connectivity index (χ4n) is 1.88. The number of H-pyrrole nitrogens is 1. The second-order valence-corrected chi connectivity index (χ2v) is 6.45. The SMILES string of the molecule is Cc1cc(S(=O)(=O)NCc2cc[nH]c2)cc([N+](=O)[O-])c1C. The fraction of sp³-hybridized carbons (Fsp3) is 0.231. The number of rotatable bonds is 5. The summed E-state index contributed by atoms with van der Waals surface area (Å²) in [4.78, 5) is 13.1. The minimum atomic E-state index is -3.80. The van der Waals surface area contributed by atoms with Gasteiger partial charge in [-0.15, -0.1) is 0 Å². The van der Waals surface area contributed by atoms with E-state index in [0.29, 0.717) is 11.1 Å². The van der Waals surface area contributed by atoms with Crippen LogP contribution in [0.1, 0.15) is 16.7 Å². The predicted octanol–water partition coefficient (Wildman–Crippen LogP) is 2.02. The zero-order valence-corrected chi connectivity index (χ0v) is 12.4. The highest BCUT2D eigenvalue weighted by Crippen LogP contribution is 2.25. The molecular weight excluding hydrogens is 294 g/mol. The molecule has 0 bridgehead atoms. The molecule has 0 aliphatic heterocycles. The second-order valence-electron chi connectivity index (χ2n) is 4.69. The molecule has 0 unspecified atom stereocenters. The molecule has 8 heteroatoms. The maximum Gasteiger partial charge on any atom is 0.273 e. The topological polar surface area (TPSA) is 105 Å². The lowest BCUT2D eigenvalue weighted by Gasteiger charge is -2.09. The van der Waals surface area contributed by atoms with Gasteiger partial charge in [0, 0.05) is 30.6 Å². The Kier molecular flexibility index (Phi) is 4.10. The number of aryl methyl sites for hydroxylation is 1. The molecule has 0 aliphatic rings. The molecule has 0 saturated heterocycles. The Morgan fingerprint density at radius 3 is 2.62 bits per heavy atom. The molecule has 2 rings (SSSR count). The maximum absolute atomic E-state index is 12.2. The van der Waals surface area contributed by atoms with Crippen molar-refractivity contribution in [3.05, 3.63) is 57.4 Å². The Labute approximate surface area is 122 Å². The fourth-order valence-corrected chi connectivity index (χ4v) is 3.01. The number of hydrogen-bond acceptors (Lipinski definition) is 4. The van der Waals surface area contributed by atoms with Gasteiger partial charge in [0.25, 0.3) is 5.69 Å². The van der Waals surface area contributed by atoms with Gasteiger partial charge in [-0.1, -0.05) is 0 Å². The van der Waals surface area contributed by atoms with Crippen LogP contribution in [-0.2, 0) is 16.6 Å². The molecule has 0 atom stereocenters. The van der Waals surface area contributed by atoms with E-state index < -0.39 is 14.9 Å². The van der Waals surface area contributed by atoms with Gasteiger partial charge in [-0.25, -0.2) is 13.1 Å². The Balaban J connectivity index is 2.33. The van der Waals surface area contributed by atoms with E-state index >= 15 is 0 Å². The summed E-state index contributed by atoms with van der Waals surface area (Å²) in [5, 5.41) is 11.0. The number of hydrogen-bond donors (Lipinski definition) is 2. The highest BCUT2D eigenvalue weighted by molar-refractivity contribution is 7.89. The lowest BCUT2D eigenvalue weighted by molar-refractivity contribution is -0.385. The van der Waals surface area contributed by atoms with Gasteiger partial charge in [-0.2, -0.15) is 0 Å². The minimum absolute atomic E-state index is 0.104. The van der Waals surface area contributed by atoms with Crippen molar-refractivity contribution in [2.75, 3.05) is 0 Å². The zero-order chi connectivity index (χ0) is 15.6. The monoisotopic (exact) mass is 309 g/mol. The number of nitrogens with zero attached hydrogens (tertiary/aromatic N) is 1. The highest BCUT2D eigenvalue weighted by atomic mass is 32.2. The van der Waals surface area contributed by atoms with Crippen LogP contribution < -0.4 is 4.72 Å². The van der Waals surface area contributed by atoms with E-state index in [0.717, 1.165) is 11.6 Å². The lowest BCUT2D eigenvalue weighted by atomic mass is 10.1. The first kappa shape index (κ1) is 15.2. The van der Waals surface area contributed by atoms with E-state index in [1.54, 1.807) is 32.3 Å². The number of aromatic nitrogens is 1. The van der Waals surface area contributed by atoms with Gasteiger partial charge in [0.15, 0.2) is 0 Å². The number of nitrogens with one attached hydrogen (secondary N) is 2. The first-order valence-electron chi connectivity index (χ1n) is 6.18. The van der Waals surface area contributed by atoms with Gasteiger partial charge in [0.05, 0.1) is 9.82 Å². The van der Waals surface area contributed by atoms with E-state index in [-0.39, 0.29) is 17.1 Å². The number of nitro groups is 1. The van der Waals surface area contributed by atoms with Gasteiger partial charge in [0.2, 0.25) is 10.0 Å². The zero-order valence-electron chi connectivity index (χ0n) is 11.6. The normalized spacial score (nSPS) is 11.5. The average molecular weight is 309 g/mol. The molecule has 21 heavy (non-hydrogen) atoms. The van der Waals surface area contributed by atoms with Crippen LogP contribution in [0.5, 0.6) is 0 Å². The Morgan fingerprint density at radius 2 is 2.05 bits per heavy atom. The molecule has 0 spiro atoms. The number of nitro benzene ring substituents is 1. The van der Waals surface area contributed by atoms with Crippen molar-refractivity contribution >= 4 is 15.7 Å². The summed E-state index contributed by atoms with van der Waals surface area (Å²) < 4.78 is 26.9. The predicted molar refractivity (Wildman–Crippen MR) is 77.4 cm³/mol. The summed E-state index contributed by atoms with van der Waals surface area (Å²) in [5.41, 5.74) is 1.60. The summed E-state index contributed by atoms with van der Waals surface area (Å²) in [6.45, 7) is 3.36. The first-order valence-corrected chi connectivity index (χ1v) is 7.66. The van der Waals surface area contributed by atoms with Gasteiger partial charge in [-0.3, -0.25) is 10.1 Å². The Hall–Kier alpha value is -2.19. The third-order valence-electron chi connectivity index (χ3n) is 3.25. The first-order chi connectivity index (χ1) is 9.81. The number of benzene rings is 1. The molecule has 0 fully saturated rings. The van der Waals surface area contributed by atoms with Crippen molar-refractivity contribution < 1.29 is 13.3 Å². The standard InChI is InChI=1S/C13H15N3O4S/c1-9-5-12(6-13(10(9)2)16(17)18)21(19,20)15-8-11-3-4-14-7-11/h3-7,14-15H,8H2,1-2H3. The van der Waals surface area contributed by atoms with Crippen LogP contribution in [0, 0.1) is 24.0 Å². The molecule has 1 aromatic heterocycles. The van der Waals surface area contributed by atoms with Crippen LogP contribution in [-0.4, -0.2) is 18.3 Å². The Bertz CT molecular complexity index is 767. The summed E-state index contributed by atoms with van der Waals surface area (Å²) in [6, 6.07) is 4.26.